The first-order valence-corrected chi connectivity index (χ1v) is 9.70. The van der Waals surface area contributed by atoms with E-state index in [1.165, 1.54) is 5.56 Å². The third kappa shape index (κ3) is 4.43. The van der Waals surface area contributed by atoms with Gasteiger partial charge in [-0.3, -0.25) is 23.9 Å². The van der Waals surface area contributed by atoms with Crippen molar-refractivity contribution in [2.24, 2.45) is 0 Å². The van der Waals surface area contributed by atoms with E-state index in [2.05, 4.69) is 37.6 Å². The molecule has 0 radical (unpaired) electrons. The summed E-state index contributed by atoms with van der Waals surface area (Å²) >= 11 is 0. The number of carbonyl (C=O) groups excluding carboxylic acids is 2. The van der Waals surface area contributed by atoms with Crippen molar-refractivity contribution < 1.29 is 9.59 Å². The summed E-state index contributed by atoms with van der Waals surface area (Å²) in [7, 11) is 0. The first-order valence-electron chi connectivity index (χ1n) is 9.70. The van der Waals surface area contributed by atoms with Crippen LogP contribution >= 0.6 is 0 Å². The summed E-state index contributed by atoms with van der Waals surface area (Å²) < 4.78 is 1.88. The summed E-state index contributed by atoms with van der Waals surface area (Å²) in [6.45, 7) is 4.35. The first-order chi connectivity index (χ1) is 14.1. The van der Waals surface area contributed by atoms with Crippen molar-refractivity contribution in [3.05, 3.63) is 65.9 Å². The summed E-state index contributed by atoms with van der Waals surface area (Å²) in [4.78, 5) is 35.4. The number of nitrogens with zero attached hydrogens (tertiary/aromatic N) is 4. The highest BCUT2D eigenvalue weighted by molar-refractivity contribution is 5.88. The van der Waals surface area contributed by atoms with Gasteiger partial charge in [-0.25, -0.2) is 4.98 Å². The normalized spacial score (nSPS) is 17.3. The van der Waals surface area contributed by atoms with E-state index in [1.807, 2.05) is 29.7 Å². The van der Waals surface area contributed by atoms with E-state index in [1.54, 1.807) is 18.6 Å². The van der Waals surface area contributed by atoms with Gasteiger partial charge in [-0.2, -0.15) is 0 Å². The van der Waals surface area contributed by atoms with Crippen molar-refractivity contribution in [3.8, 4) is 0 Å². The Balaban J connectivity index is 1.39. The van der Waals surface area contributed by atoms with Crippen LogP contribution in [0.1, 0.15) is 23.2 Å². The molecule has 1 aromatic carbocycles. The van der Waals surface area contributed by atoms with Crippen molar-refractivity contribution in [1.82, 2.24) is 29.9 Å². The van der Waals surface area contributed by atoms with Gasteiger partial charge < -0.3 is 10.6 Å². The summed E-state index contributed by atoms with van der Waals surface area (Å²) in [6.07, 6.45) is 6.99. The molecule has 0 bridgehead atoms. The fourth-order valence-electron chi connectivity index (χ4n) is 3.68. The molecule has 0 saturated carbocycles. The zero-order valence-corrected chi connectivity index (χ0v) is 16.3. The lowest BCUT2D eigenvalue weighted by atomic mass is 10.1. The molecular weight excluding hydrogens is 368 g/mol. The molecule has 1 aliphatic heterocycles. The fourth-order valence-corrected chi connectivity index (χ4v) is 3.68. The molecule has 0 aliphatic carbocycles. The number of imidazole rings is 1. The Hall–Kier alpha value is -3.26. The lowest BCUT2D eigenvalue weighted by molar-refractivity contribution is -0.134. The van der Waals surface area contributed by atoms with E-state index >= 15 is 0 Å². The van der Waals surface area contributed by atoms with Crippen molar-refractivity contribution in [2.75, 3.05) is 13.1 Å². The molecular formula is C21H24N6O2. The van der Waals surface area contributed by atoms with E-state index in [0.29, 0.717) is 19.6 Å². The van der Waals surface area contributed by atoms with E-state index in [4.69, 9.17) is 0 Å². The molecule has 0 spiro atoms. The van der Waals surface area contributed by atoms with E-state index < -0.39 is 6.04 Å². The fraction of sp³-hybridized carbons (Fsp3) is 0.333. The summed E-state index contributed by atoms with van der Waals surface area (Å²) in [5.41, 5.74) is 3.92. The van der Waals surface area contributed by atoms with E-state index in [9.17, 15) is 9.59 Å². The van der Waals surface area contributed by atoms with Gasteiger partial charge in [0.15, 0.2) is 5.65 Å². The lowest BCUT2D eigenvalue weighted by Crippen LogP contribution is -2.56. The highest BCUT2D eigenvalue weighted by Crippen LogP contribution is 2.15. The average molecular weight is 392 g/mol. The molecule has 2 amide bonds. The number of rotatable bonds is 6. The number of aromatic nitrogens is 3. The monoisotopic (exact) mass is 392 g/mol. The molecule has 1 fully saturated rings. The Kier molecular flexibility index (Phi) is 5.53. The van der Waals surface area contributed by atoms with Crippen LogP contribution in [-0.4, -0.2) is 50.2 Å². The van der Waals surface area contributed by atoms with Gasteiger partial charge in [0.25, 0.3) is 0 Å². The minimum absolute atomic E-state index is 0.0973. The maximum Gasteiger partial charge on any atom is 0.237 e. The van der Waals surface area contributed by atoms with Gasteiger partial charge in [0.05, 0.1) is 37.1 Å². The summed E-state index contributed by atoms with van der Waals surface area (Å²) in [5, 5.41) is 5.79. The van der Waals surface area contributed by atoms with Gasteiger partial charge in [0.2, 0.25) is 11.8 Å². The number of fused-ring (bicyclic) bond motifs is 1. The molecule has 3 aromatic rings. The molecule has 2 N–H and O–H groups in total. The molecule has 1 saturated heterocycles. The predicted octanol–water partition coefficient (Wildman–Crippen LogP) is 1.04. The molecule has 150 valence electrons. The van der Waals surface area contributed by atoms with Gasteiger partial charge in [0.1, 0.15) is 0 Å². The largest absolute Gasteiger partial charge is 0.353 e. The predicted molar refractivity (Wildman–Crippen MR) is 108 cm³/mol. The zero-order chi connectivity index (χ0) is 20.2. The van der Waals surface area contributed by atoms with Crippen molar-refractivity contribution in [1.29, 1.82) is 0 Å². The zero-order valence-electron chi connectivity index (χ0n) is 16.3. The Morgan fingerprint density at radius 3 is 3.10 bits per heavy atom. The smallest absolute Gasteiger partial charge is 0.237 e. The van der Waals surface area contributed by atoms with E-state index in [-0.39, 0.29) is 18.2 Å². The second kappa shape index (κ2) is 8.40. The van der Waals surface area contributed by atoms with Crippen LogP contribution in [0.2, 0.25) is 0 Å². The molecule has 4 rings (SSSR count). The first kappa shape index (κ1) is 19.1. The quantitative estimate of drug-likeness (QED) is 0.654. The third-order valence-electron chi connectivity index (χ3n) is 5.15. The van der Waals surface area contributed by atoms with Crippen molar-refractivity contribution >= 4 is 17.5 Å². The molecule has 1 aliphatic rings. The number of hydrogen-bond acceptors (Lipinski definition) is 5. The lowest BCUT2D eigenvalue weighted by Gasteiger charge is -2.34. The Morgan fingerprint density at radius 1 is 1.34 bits per heavy atom. The molecule has 29 heavy (non-hydrogen) atoms. The number of amides is 2. The van der Waals surface area contributed by atoms with Gasteiger partial charge >= 0.3 is 0 Å². The molecule has 2 aromatic heterocycles. The average Bonchev–Trinajstić information content (AvgIpc) is 3.12. The highest BCUT2D eigenvalue weighted by Gasteiger charge is 2.31. The number of aryl methyl sites for hydroxylation is 1. The van der Waals surface area contributed by atoms with Crippen molar-refractivity contribution in [3.63, 3.8) is 0 Å². The molecule has 1 atom stereocenters. The standard InChI is InChI=1S/C21H24N6O2/c1-15-3-2-4-16(9-15)14-26-7-6-23-21(29)18(26)10-20(28)25-12-17-11-24-19-13-22-5-8-27(17)19/h2-5,8-9,11,13,18H,6-7,10,12,14H2,1H3,(H,23,29)(H,25,28)/t18-/m0/s1. The Morgan fingerprint density at radius 2 is 2.24 bits per heavy atom. The van der Waals surface area contributed by atoms with Crippen LogP contribution in [0, 0.1) is 6.92 Å². The van der Waals surface area contributed by atoms with Crippen LogP contribution in [0.5, 0.6) is 0 Å². The molecule has 8 nitrogen and oxygen atoms in total. The molecule has 3 heterocycles. The van der Waals surface area contributed by atoms with Gasteiger partial charge in [-0.15, -0.1) is 0 Å². The number of nitrogens with one attached hydrogen (secondary N) is 2. The summed E-state index contributed by atoms with van der Waals surface area (Å²) in [5.74, 6) is -0.259. The topological polar surface area (TPSA) is 91.6 Å². The number of carbonyl (C=O) groups is 2. The van der Waals surface area contributed by atoms with Crippen LogP contribution in [-0.2, 0) is 22.7 Å². The minimum Gasteiger partial charge on any atom is -0.353 e. The number of benzene rings is 1. The minimum atomic E-state index is -0.476. The van der Waals surface area contributed by atoms with Crippen LogP contribution in [0.3, 0.4) is 0 Å². The Labute approximate surface area is 169 Å². The Bertz CT molecular complexity index is 1030. The second-order valence-corrected chi connectivity index (χ2v) is 7.30. The maximum absolute atomic E-state index is 12.6. The van der Waals surface area contributed by atoms with Crippen LogP contribution < -0.4 is 10.6 Å². The molecule has 8 heteroatoms. The van der Waals surface area contributed by atoms with Gasteiger partial charge in [-0.05, 0) is 12.5 Å². The third-order valence-corrected chi connectivity index (χ3v) is 5.15. The van der Waals surface area contributed by atoms with Gasteiger partial charge in [0, 0.05) is 32.0 Å². The van der Waals surface area contributed by atoms with Gasteiger partial charge in [-0.1, -0.05) is 29.8 Å². The number of hydrogen-bond donors (Lipinski definition) is 2. The van der Waals surface area contributed by atoms with Crippen LogP contribution in [0.15, 0.2) is 49.1 Å². The second-order valence-electron chi connectivity index (χ2n) is 7.30. The SMILES string of the molecule is Cc1cccc(CN2CCNC(=O)[C@@H]2CC(=O)NCc2cnc3cnccn23)c1. The van der Waals surface area contributed by atoms with E-state index in [0.717, 1.165) is 23.4 Å². The van der Waals surface area contributed by atoms with Crippen molar-refractivity contribution in [2.45, 2.75) is 32.5 Å². The summed E-state index contributed by atoms with van der Waals surface area (Å²) in [6, 6.07) is 7.75. The molecule has 0 unspecified atom stereocenters. The number of piperazine rings is 1. The van der Waals surface area contributed by atoms with Crippen LogP contribution in [0.25, 0.3) is 5.65 Å². The maximum atomic E-state index is 12.6. The van der Waals surface area contributed by atoms with Crippen LogP contribution in [0.4, 0.5) is 0 Å². The highest BCUT2D eigenvalue weighted by atomic mass is 16.2.